The number of hydrogen-bond donors (Lipinski definition) is 1. The first kappa shape index (κ1) is 19.0. The predicted octanol–water partition coefficient (Wildman–Crippen LogP) is 3.89. The maximum absolute atomic E-state index is 12.9. The van der Waals surface area contributed by atoms with Crippen molar-refractivity contribution in [1.29, 1.82) is 0 Å². The quantitative estimate of drug-likeness (QED) is 0.277. The average molecular weight is 543 g/mol. The summed E-state index contributed by atoms with van der Waals surface area (Å²) in [5, 5.41) is 2.63. The van der Waals surface area contributed by atoms with Crippen LogP contribution < -0.4 is 15.0 Å². The fraction of sp³-hybridized carbons (Fsp3) is 0.0556. The molecule has 1 aliphatic heterocycles. The maximum atomic E-state index is 12.9. The number of methoxy groups -OCH3 is 1. The molecular formula is C18H12BrIN2O3S. The van der Waals surface area contributed by atoms with Crippen LogP contribution in [-0.4, -0.2) is 24.0 Å². The lowest BCUT2D eigenvalue weighted by molar-refractivity contribution is -0.122. The molecule has 132 valence electrons. The van der Waals surface area contributed by atoms with Gasteiger partial charge in [-0.25, -0.2) is 0 Å². The number of benzene rings is 2. The lowest BCUT2D eigenvalue weighted by atomic mass is 10.1. The molecule has 0 bridgehead atoms. The van der Waals surface area contributed by atoms with E-state index in [1.807, 2.05) is 12.1 Å². The summed E-state index contributed by atoms with van der Waals surface area (Å²) >= 11 is 10.7. The molecule has 2 aromatic rings. The van der Waals surface area contributed by atoms with Crippen LogP contribution in [0, 0.1) is 3.57 Å². The highest BCUT2D eigenvalue weighted by atomic mass is 127. The van der Waals surface area contributed by atoms with Gasteiger partial charge >= 0.3 is 0 Å². The molecule has 1 fully saturated rings. The van der Waals surface area contributed by atoms with Crippen molar-refractivity contribution in [2.45, 2.75) is 0 Å². The summed E-state index contributed by atoms with van der Waals surface area (Å²) in [6.45, 7) is 0. The van der Waals surface area contributed by atoms with E-state index < -0.39 is 11.8 Å². The SMILES string of the molecule is COc1ccc(C=C2C(=O)NC(=S)N(c3cccc(Br)c3)C2=O)cc1I. The Balaban J connectivity index is 2.01. The van der Waals surface area contributed by atoms with Gasteiger partial charge in [0.05, 0.1) is 16.4 Å². The highest BCUT2D eigenvalue weighted by molar-refractivity contribution is 14.1. The number of nitrogens with zero attached hydrogens (tertiary/aromatic N) is 1. The van der Waals surface area contributed by atoms with Gasteiger partial charge in [0.15, 0.2) is 5.11 Å². The normalized spacial score (nSPS) is 16.0. The zero-order valence-electron chi connectivity index (χ0n) is 13.5. The van der Waals surface area contributed by atoms with E-state index in [1.54, 1.807) is 43.5 Å². The molecule has 0 radical (unpaired) electrons. The van der Waals surface area contributed by atoms with E-state index in [9.17, 15) is 9.59 Å². The van der Waals surface area contributed by atoms with E-state index in [4.69, 9.17) is 17.0 Å². The smallest absolute Gasteiger partial charge is 0.270 e. The van der Waals surface area contributed by atoms with Crippen LogP contribution in [0.4, 0.5) is 5.69 Å². The van der Waals surface area contributed by atoms with Crippen molar-refractivity contribution < 1.29 is 14.3 Å². The second-order valence-corrected chi connectivity index (χ2v) is 7.80. The summed E-state index contributed by atoms with van der Waals surface area (Å²) < 4.78 is 6.91. The summed E-state index contributed by atoms with van der Waals surface area (Å²) in [5.41, 5.74) is 1.31. The minimum Gasteiger partial charge on any atom is -0.496 e. The number of halogens is 2. The summed E-state index contributed by atoms with van der Waals surface area (Å²) in [7, 11) is 1.59. The molecule has 1 aliphatic rings. The molecular weight excluding hydrogens is 531 g/mol. The number of rotatable bonds is 3. The van der Waals surface area contributed by atoms with Gasteiger partial charge in [-0.2, -0.15) is 0 Å². The number of amides is 2. The largest absolute Gasteiger partial charge is 0.496 e. The number of thiocarbonyl (C=S) groups is 1. The third-order valence-electron chi connectivity index (χ3n) is 3.65. The molecule has 26 heavy (non-hydrogen) atoms. The molecule has 8 heteroatoms. The van der Waals surface area contributed by atoms with E-state index in [0.29, 0.717) is 5.69 Å². The molecule has 2 aromatic carbocycles. The molecule has 5 nitrogen and oxygen atoms in total. The van der Waals surface area contributed by atoms with Crippen molar-refractivity contribution in [1.82, 2.24) is 5.32 Å². The van der Waals surface area contributed by atoms with E-state index in [0.717, 1.165) is 19.4 Å². The van der Waals surface area contributed by atoms with E-state index in [2.05, 4.69) is 43.8 Å². The lowest BCUT2D eigenvalue weighted by Crippen LogP contribution is -2.54. The fourth-order valence-corrected chi connectivity index (χ4v) is 3.87. The van der Waals surface area contributed by atoms with Gasteiger partial charge in [0.1, 0.15) is 11.3 Å². The van der Waals surface area contributed by atoms with E-state index in [1.165, 1.54) is 4.90 Å². The van der Waals surface area contributed by atoms with Gasteiger partial charge < -0.3 is 4.74 Å². The standard InChI is InChI=1S/C18H12BrIN2O3S/c1-25-15-6-5-10(8-14(15)20)7-13-16(23)21-18(26)22(17(13)24)12-4-2-3-11(19)9-12/h2-9H,1H3,(H,21,23,26). The maximum Gasteiger partial charge on any atom is 0.270 e. The van der Waals surface area contributed by atoms with Crippen LogP contribution in [0.1, 0.15) is 5.56 Å². The van der Waals surface area contributed by atoms with Crippen LogP contribution in [0.3, 0.4) is 0 Å². The zero-order valence-corrected chi connectivity index (χ0v) is 18.0. The summed E-state index contributed by atoms with van der Waals surface area (Å²) in [4.78, 5) is 26.6. The molecule has 0 saturated carbocycles. The van der Waals surface area contributed by atoms with E-state index >= 15 is 0 Å². The first-order valence-electron chi connectivity index (χ1n) is 7.41. The minimum atomic E-state index is -0.517. The number of anilines is 1. The Morgan fingerprint density at radius 2 is 2.00 bits per heavy atom. The highest BCUT2D eigenvalue weighted by Crippen LogP contribution is 2.26. The first-order chi connectivity index (χ1) is 12.4. The van der Waals surface area contributed by atoms with Gasteiger partial charge in [-0.05, 0) is 76.8 Å². The molecule has 1 N–H and O–H groups in total. The minimum absolute atomic E-state index is 0.0135. The van der Waals surface area contributed by atoms with Crippen LogP contribution >= 0.6 is 50.7 Å². The number of nitrogens with one attached hydrogen (secondary N) is 1. The predicted molar refractivity (Wildman–Crippen MR) is 116 cm³/mol. The Bertz CT molecular complexity index is 961. The molecule has 1 heterocycles. The van der Waals surface area contributed by atoms with Gasteiger partial charge in [0, 0.05) is 4.47 Å². The second-order valence-electron chi connectivity index (χ2n) is 5.33. The zero-order chi connectivity index (χ0) is 18.8. The Hall–Kier alpha value is -1.78. The number of ether oxygens (including phenoxy) is 1. The van der Waals surface area contributed by atoms with Crippen LogP contribution in [0.2, 0.25) is 0 Å². The Kier molecular flexibility index (Phi) is 5.73. The molecule has 2 amide bonds. The lowest BCUT2D eigenvalue weighted by Gasteiger charge is -2.29. The molecule has 3 rings (SSSR count). The van der Waals surface area contributed by atoms with Gasteiger partial charge in [0.2, 0.25) is 0 Å². The molecule has 1 saturated heterocycles. The van der Waals surface area contributed by atoms with Crippen LogP contribution in [-0.2, 0) is 9.59 Å². The van der Waals surface area contributed by atoms with Gasteiger partial charge in [-0.15, -0.1) is 0 Å². The van der Waals surface area contributed by atoms with Crippen LogP contribution in [0.15, 0.2) is 52.5 Å². The topological polar surface area (TPSA) is 58.6 Å². The monoisotopic (exact) mass is 542 g/mol. The van der Waals surface area contributed by atoms with Crippen molar-refractivity contribution in [2.24, 2.45) is 0 Å². The van der Waals surface area contributed by atoms with Crippen molar-refractivity contribution >= 4 is 79.4 Å². The summed E-state index contributed by atoms with van der Waals surface area (Å²) in [6, 6.07) is 12.6. The second kappa shape index (κ2) is 7.85. The molecule has 0 unspecified atom stereocenters. The number of carbonyl (C=O) groups excluding carboxylic acids is 2. The molecule has 0 aromatic heterocycles. The van der Waals surface area contributed by atoms with Crippen LogP contribution in [0.25, 0.3) is 6.08 Å². The van der Waals surface area contributed by atoms with Crippen molar-refractivity contribution in [3.8, 4) is 5.75 Å². The Labute approximate surface area is 177 Å². The summed E-state index contributed by atoms with van der Waals surface area (Å²) in [5.74, 6) is -0.260. The number of carbonyl (C=O) groups is 2. The van der Waals surface area contributed by atoms with E-state index in [-0.39, 0.29) is 10.7 Å². The van der Waals surface area contributed by atoms with Crippen LogP contribution in [0.5, 0.6) is 5.75 Å². The van der Waals surface area contributed by atoms with Crippen molar-refractivity contribution in [2.75, 3.05) is 12.0 Å². The van der Waals surface area contributed by atoms with Gasteiger partial charge in [-0.1, -0.05) is 28.1 Å². The van der Waals surface area contributed by atoms with Gasteiger partial charge in [0.25, 0.3) is 11.8 Å². The Morgan fingerprint density at radius 1 is 1.23 bits per heavy atom. The third-order valence-corrected chi connectivity index (χ3v) is 5.28. The fourth-order valence-electron chi connectivity index (χ4n) is 2.45. The Morgan fingerprint density at radius 3 is 2.65 bits per heavy atom. The highest BCUT2D eigenvalue weighted by Gasteiger charge is 2.34. The number of hydrogen-bond acceptors (Lipinski definition) is 4. The van der Waals surface area contributed by atoms with Crippen molar-refractivity contribution in [3.05, 3.63) is 61.6 Å². The molecule has 0 aliphatic carbocycles. The summed E-state index contributed by atoms with van der Waals surface area (Å²) in [6.07, 6.45) is 1.55. The first-order valence-corrected chi connectivity index (χ1v) is 9.69. The molecule has 0 spiro atoms. The van der Waals surface area contributed by atoms with Gasteiger partial charge in [-0.3, -0.25) is 19.8 Å². The molecule has 0 atom stereocenters. The third kappa shape index (κ3) is 3.81. The van der Waals surface area contributed by atoms with Crippen molar-refractivity contribution in [3.63, 3.8) is 0 Å². The average Bonchev–Trinajstić information content (AvgIpc) is 2.58.